The minimum absolute atomic E-state index is 0.105. The molecular formula is C73H142O17P2. The van der Waals surface area contributed by atoms with E-state index in [4.69, 9.17) is 37.0 Å². The molecule has 0 aliphatic heterocycles. The molecule has 0 bridgehead atoms. The molecular weight excluding hydrogens is 1210 g/mol. The summed E-state index contributed by atoms with van der Waals surface area (Å²) < 4.78 is 68.4. The van der Waals surface area contributed by atoms with E-state index in [1.165, 1.54) is 186 Å². The van der Waals surface area contributed by atoms with E-state index in [2.05, 4.69) is 41.5 Å². The van der Waals surface area contributed by atoms with Gasteiger partial charge in [0.15, 0.2) is 12.2 Å². The molecule has 0 aliphatic rings. The summed E-state index contributed by atoms with van der Waals surface area (Å²) in [5.41, 5.74) is 0. The summed E-state index contributed by atoms with van der Waals surface area (Å²) in [4.78, 5) is 72.6. The largest absolute Gasteiger partial charge is 0.472 e. The first kappa shape index (κ1) is 90.1. The van der Waals surface area contributed by atoms with Gasteiger partial charge in [0.2, 0.25) is 0 Å². The molecule has 546 valence electrons. The number of hydrogen-bond donors (Lipinski definition) is 3. The Morgan fingerprint density at radius 2 is 0.522 bits per heavy atom. The minimum atomic E-state index is -4.95. The normalized spacial score (nSPS) is 14.7. The van der Waals surface area contributed by atoms with Gasteiger partial charge in [-0.2, -0.15) is 0 Å². The fourth-order valence-corrected chi connectivity index (χ4v) is 12.6. The van der Waals surface area contributed by atoms with Gasteiger partial charge in [-0.05, 0) is 37.5 Å². The highest BCUT2D eigenvalue weighted by Gasteiger charge is 2.30. The van der Waals surface area contributed by atoms with Gasteiger partial charge in [-0.25, -0.2) is 9.13 Å². The molecule has 0 saturated heterocycles. The standard InChI is InChI=1S/C73H142O17P2/c1-7-11-13-15-17-19-20-21-25-28-31-38-44-50-56-71(76)84-62-69(89-72(77)57-51-45-39-32-29-26-23-22-24-27-30-35-41-47-53-65(5)9-3)64-88-92(81,82)86-60-67(74)59-85-91(79,80)87-63-68(61-83-70(75)55-49-43-37-18-16-14-12-8-2)90-73(78)58-52-46-40-34-33-36-42-48-54-66(6)10-4/h65-69,74H,7-64H2,1-6H3,(H,79,80)(H,81,82)/t65?,66?,67-,68+,69+/m0/s1. The average Bonchev–Trinajstić information content (AvgIpc) is 2.64. The van der Waals surface area contributed by atoms with Crippen LogP contribution in [0, 0.1) is 11.8 Å². The van der Waals surface area contributed by atoms with E-state index in [-0.39, 0.29) is 25.7 Å². The number of carbonyl (C=O) groups excluding carboxylic acids is 4. The highest BCUT2D eigenvalue weighted by molar-refractivity contribution is 7.47. The molecule has 0 amide bonds. The van der Waals surface area contributed by atoms with E-state index in [1.54, 1.807) is 0 Å². The number of aliphatic hydroxyl groups excluding tert-OH is 1. The Morgan fingerprint density at radius 1 is 0.304 bits per heavy atom. The molecule has 19 heteroatoms. The lowest BCUT2D eigenvalue weighted by Gasteiger charge is -2.21. The van der Waals surface area contributed by atoms with Gasteiger partial charge in [-0.15, -0.1) is 0 Å². The maximum atomic E-state index is 13.1. The van der Waals surface area contributed by atoms with Crippen molar-refractivity contribution in [2.75, 3.05) is 39.6 Å². The Balaban J connectivity index is 5.22. The highest BCUT2D eigenvalue weighted by atomic mass is 31.2. The molecule has 0 saturated carbocycles. The van der Waals surface area contributed by atoms with Crippen molar-refractivity contribution in [3.8, 4) is 0 Å². The summed E-state index contributed by atoms with van der Waals surface area (Å²) in [5, 5.41) is 10.6. The topological polar surface area (TPSA) is 237 Å². The SMILES string of the molecule is CCCCCCCCCCCCCCCCC(=O)OC[C@H](COP(=O)(O)OC[C@@H](O)COP(=O)(O)OC[C@@H](COC(=O)CCCCCCCCCC)OC(=O)CCCCCCCCCCC(C)CC)OC(=O)CCCCCCCCCCCCCCCCC(C)CC. The monoisotopic (exact) mass is 1350 g/mol. The number of rotatable bonds is 72. The zero-order valence-corrected chi connectivity index (χ0v) is 61.6. The summed E-state index contributed by atoms with van der Waals surface area (Å²) in [7, 11) is -9.90. The van der Waals surface area contributed by atoms with Gasteiger partial charge in [-0.1, -0.05) is 324 Å². The van der Waals surface area contributed by atoms with Gasteiger partial charge in [0.1, 0.15) is 19.3 Å². The Labute approximate surface area is 562 Å². The number of carbonyl (C=O) groups is 4. The van der Waals surface area contributed by atoms with E-state index >= 15 is 0 Å². The third kappa shape index (κ3) is 64.1. The Hall–Kier alpha value is -1.94. The lowest BCUT2D eigenvalue weighted by Crippen LogP contribution is -2.30. The highest BCUT2D eigenvalue weighted by Crippen LogP contribution is 2.45. The third-order valence-electron chi connectivity index (χ3n) is 17.7. The van der Waals surface area contributed by atoms with Crippen LogP contribution in [0.25, 0.3) is 0 Å². The number of phosphoric acid groups is 2. The van der Waals surface area contributed by atoms with Crippen LogP contribution in [0.5, 0.6) is 0 Å². The lowest BCUT2D eigenvalue weighted by atomic mass is 9.99. The van der Waals surface area contributed by atoms with Gasteiger partial charge in [0.25, 0.3) is 0 Å². The average molecular weight is 1350 g/mol. The van der Waals surface area contributed by atoms with Crippen LogP contribution in [-0.2, 0) is 65.4 Å². The summed E-state index contributed by atoms with van der Waals surface area (Å²) >= 11 is 0. The van der Waals surface area contributed by atoms with Gasteiger partial charge < -0.3 is 33.8 Å². The summed E-state index contributed by atoms with van der Waals surface area (Å²) in [6.07, 6.45) is 51.2. The Morgan fingerprint density at radius 3 is 0.772 bits per heavy atom. The Bertz CT molecular complexity index is 1790. The quantitative estimate of drug-likeness (QED) is 0.0222. The van der Waals surface area contributed by atoms with Crippen LogP contribution in [0.15, 0.2) is 0 Å². The van der Waals surface area contributed by atoms with Crippen molar-refractivity contribution in [3.05, 3.63) is 0 Å². The fraction of sp³-hybridized carbons (Fsp3) is 0.945. The van der Waals surface area contributed by atoms with Crippen LogP contribution >= 0.6 is 15.6 Å². The second-order valence-electron chi connectivity index (χ2n) is 26.8. The molecule has 0 aromatic rings. The second kappa shape index (κ2) is 65.0. The molecule has 0 aliphatic carbocycles. The smallest absolute Gasteiger partial charge is 0.462 e. The predicted molar refractivity (Wildman–Crippen MR) is 372 cm³/mol. The number of esters is 4. The molecule has 0 heterocycles. The molecule has 0 rings (SSSR count). The zero-order chi connectivity index (χ0) is 67.9. The third-order valence-corrected chi connectivity index (χ3v) is 19.6. The predicted octanol–water partition coefficient (Wildman–Crippen LogP) is 21.2. The molecule has 0 aromatic carbocycles. The second-order valence-corrected chi connectivity index (χ2v) is 29.7. The number of aliphatic hydroxyl groups is 1. The van der Waals surface area contributed by atoms with E-state index in [0.717, 1.165) is 108 Å². The number of ether oxygens (including phenoxy) is 4. The zero-order valence-electron chi connectivity index (χ0n) is 59.9. The van der Waals surface area contributed by atoms with Crippen LogP contribution in [0.3, 0.4) is 0 Å². The summed E-state index contributed by atoms with van der Waals surface area (Å²) in [6, 6.07) is 0. The first-order valence-electron chi connectivity index (χ1n) is 38.1. The van der Waals surface area contributed by atoms with Crippen molar-refractivity contribution in [1.29, 1.82) is 0 Å². The first-order valence-corrected chi connectivity index (χ1v) is 41.1. The minimum Gasteiger partial charge on any atom is -0.462 e. The summed E-state index contributed by atoms with van der Waals surface area (Å²) in [5.74, 6) is -0.507. The molecule has 0 spiro atoms. The molecule has 92 heavy (non-hydrogen) atoms. The van der Waals surface area contributed by atoms with Gasteiger partial charge in [-0.3, -0.25) is 37.3 Å². The van der Waals surface area contributed by atoms with E-state index < -0.39 is 97.5 Å². The molecule has 0 radical (unpaired) electrons. The van der Waals surface area contributed by atoms with Crippen molar-refractivity contribution in [3.63, 3.8) is 0 Å². The lowest BCUT2D eigenvalue weighted by molar-refractivity contribution is -0.161. The number of phosphoric ester groups is 2. The molecule has 4 unspecified atom stereocenters. The maximum absolute atomic E-state index is 13.1. The van der Waals surface area contributed by atoms with Crippen LogP contribution in [0.4, 0.5) is 0 Å². The first-order chi connectivity index (χ1) is 44.4. The van der Waals surface area contributed by atoms with Gasteiger partial charge >= 0.3 is 39.5 Å². The van der Waals surface area contributed by atoms with Crippen molar-refractivity contribution < 1.29 is 80.2 Å². The van der Waals surface area contributed by atoms with Gasteiger partial charge in [0, 0.05) is 25.7 Å². The van der Waals surface area contributed by atoms with E-state index in [0.29, 0.717) is 25.7 Å². The maximum Gasteiger partial charge on any atom is 0.472 e. The molecule has 7 atom stereocenters. The van der Waals surface area contributed by atoms with E-state index in [1.807, 2.05) is 0 Å². The van der Waals surface area contributed by atoms with Gasteiger partial charge in [0.05, 0.1) is 26.4 Å². The molecule has 3 N–H and O–H groups in total. The van der Waals surface area contributed by atoms with Crippen LogP contribution in [0.1, 0.15) is 375 Å². The van der Waals surface area contributed by atoms with Crippen molar-refractivity contribution >= 4 is 39.5 Å². The van der Waals surface area contributed by atoms with Crippen molar-refractivity contribution in [2.24, 2.45) is 11.8 Å². The van der Waals surface area contributed by atoms with Crippen LogP contribution in [-0.4, -0.2) is 96.7 Å². The van der Waals surface area contributed by atoms with Crippen LogP contribution < -0.4 is 0 Å². The van der Waals surface area contributed by atoms with Crippen LogP contribution in [0.2, 0.25) is 0 Å². The molecule has 0 aromatic heterocycles. The fourth-order valence-electron chi connectivity index (χ4n) is 11.1. The van der Waals surface area contributed by atoms with E-state index in [9.17, 15) is 43.2 Å². The van der Waals surface area contributed by atoms with Crippen molar-refractivity contribution in [2.45, 2.75) is 394 Å². The van der Waals surface area contributed by atoms with Crippen molar-refractivity contribution in [1.82, 2.24) is 0 Å². The Kier molecular flexibility index (Phi) is 63.7. The number of hydrogen-bond acceptors (Lipinski definition) is 15. The summed E-state index contributed by atoms with van der Waals surface area (Å²) in [6.45, 7) is 9.60. The molecule has 17 nitrogen and oxygen atoms in total. The molecule has 0 fully saturated rings. The number of unbranched alkanes of at least 4 members (excludes halogenated alkanes) is 40.